The van der Waals surface area contributed by atoms with Gasteiger partial charge in [0, 0.05) is 31.4 Å². The van der Waals surface area contributed by atoms with E-state index < -0.39 is 10.0 Å². The first-order valence-electron chi connectivity index (χ1n) is 11.7. The van der Waals surface area contributed by atoms with Gasteiger partial charge in [0.25, 0.3) is 0 Å². The van der Waals surface area contributed by atoms with Gasteiger partial charge in [0.15, 0.2) is 5.82 Å². The van der Waals surface area contributed by atoms with E-state index in [1.807, 2.05) is 12.1 Å². The lowest BCUT2D eigenvalue weighted by molar-refractivity contribution is 0.172. The smallest absolute Gasteiger partial charge is 0.229 e. The number of piperazine rings is 1. The Bertz CT molecular complexity index is 1370. The first kappa shape index (κ1) is 24.4. The summed E-state index contributed by atoms with van der Waals surface area (Å²) >= 11 is 6.33. The van der Waals surface area contributed by atoms with Crippen molar-refractivity contribution in [2.75, 3.05) is 59.3 Å². The van der Waals surface area contributed by atoms with E-state index in [0.29, 0.717) is 40.8 Å². The van der Waals surface area contributed by atoms with E-state index in [1.54, 1.807) is 24.3 Å². The molecule has 3 heterocycles. The number of ether oxygens (including phenoxy) is 1. The van der Waals surface area contributed by atoms with Crippen molar-refractivity contribution in [3.63, 3.8) is 0 Å². The molecule has 2 aliphatic heterocycles. The molecule has 1 atom stereocenters. The molecule has 10 nitrogen and oxygen atoms in total. The molecule has 5 rings (SSSR count). The Morgan fingerprint density at radius 1 is 1.14 bits per heavy atom. The van der Waals surface area contributed by atoms with E-state index in [0.717, 1.165) is 49.6 Å². The number of nitrogens with zero attached hydrogens (tertiary/aromatic N) is 4. The Kier molecular flexibility index (Phi) is 6.78. The average molecular weight is 530 g/mol. The summed E-state index contributed by atoms with van der Waals surface area (Å²) in [6.07, 6.45) is 2.58. The lowest BCUT2D eigenvalue weighted by Crippen LogP contribution is -2.57. The van der Waals surface area contributed by atoms with Crippen molar-refractivity contribution in [2.45, 2.75) is 13.0 Å². The third-order valence-corrected chi connectivity index (χ3v) is 7.06. The highest BCUT2D eigenvalue weighted by molar-refractivity contribution is 7.92. The van der Waals surface area contributed by atoms with Gasteiger partial charge in [-0.3, -0.25) is 9.62 Å². The zero-order chi connectivity index (χ0) is 25.3. The Labute approximate surface area is 215 Å². The molecule has 2 aromatic carbocycles. The van der Waals surface area contributed by atoms with Gasteiger partial charge in [-0.15, -0.1) is 0 Å². The summed E-state index contributed by atoms with van der Waals surface area (Å²) in [6.45, 7) is 6.93. The number of aromatic nitrogens is 2. The number of hydrogen-bond donors (Lipinski definition) is 3. The number of sulfonamides is 1. The summed E-state index contributed by atoms with van der Waals surface area (Å²) in [4.78, 5) is 13.7. The largest absolute Gasteiger partial charge is 0.489 e. The van der Waals surface area contributed by atoms with Crippen LogP contribution in [0.5, 0.6) is 5.75 Å². The van der Waals surface area contributed by atoms with E-state index in [9.17, 15) is 8.42 Å². The summed E-state index contributed by atoms with van der Waals surface area (Å²) in [6, 6.07) is 13.2. The van der Waals surface area contributed by atoms with Crippen LogP contribution in [0, 0.1) is 0 Å². The minimum absolute atomic E-state index is 0.292. The number of benzene rings is 2. The molecule has 1 aromatic heterocycles. The van der Waals surface area contributed by atoms with Crippen molar-refractivity contribution in [3.05, 3.63) is 53.7 Å². The molecule has 3 aromatic rings. The van der Waals surface area contributed by atoms with Crippen LogP contribution in [0.3, 0.4) is 0 Å². The van der Waals surface area contributed by atoms with Gasteiger partial charge in [0.2, 0.25) is 16.0 Å². The molecule has 1 saturated heterocycles. The lowest BCUT2D eigenvalue weighted by Gasteiger charge is -2.45. The molecule has 0 amide bonds. The highest BCUT2D eigenvalue weighted by atomic mass is 35.5. The standard InChI is InChI=1S/C24H28ClN7O3S/c1-3-31-10-11-32-17(14-31)15-35-22-12-16(8-9-21(22)32)27-24-26-13-18(25)23(29-24)28-19-6-4-5-7-20(19)30-36(2,33)34/h4-9,12-13,17,30H,3,10-11,14-15H2,1-2H3,(H2,26,27,28,29)/t17-/m0/s1. The highest BCUT2D eigenvalue weighted by Crippen LogP contribution is 2.38. The molecule has 190 valence electrons. The third kappa shape index (κ3) is 5.43. The molecule has 0 saturated carbocycles. The van der Waals surface area contributed by atoms with Crippen molar-refractivity contribution < 1.29 is 13.2 Å². The fourth-order valence-electron chi connectivity index (χ4n) is 4.45. The SMILES string of the molecule is CCN1CCN2c3ccc(Nc4ncc(Cl)c(Nc5ccccc5NS(C)(=O)=O)n4)cc3OC[C@@H]2C1. The van der Waals surface area contributed by atoms with E-state index in [2.05, 4.69) is 48.1 Å². The minimum atomic E-state index is -3.46. The number of rotatable bonds is 7. The summed E-state index contributed by atoms with van der Waals surface area (Å²) in [7, 11) is -3.46. The maximum atomic E-state index is 11.7. The van der Waals surface area contributed by atoms with Crippen molar-refractivity contribution in [2.24, 2.45) is 0 Å². The molecule has 2 aliphatic rings. The predicted octanol–water partition coefficient (Wildman–Crippen LogP) is 3.89. The van der Waals surface area contributed by atoms with Gasteiger partial charge >= 0.3 is 0 Å². The van der Waals surface area contributed by atoms with E-state index in [1.165, 1.54) is 6.20 Å². The van der Waals surface area contributed by atoms with Crippen LogP contribution in [-0.2, 0) is 10.0 Å². The fourth-order valence-corrected chi connectivity index (χ4v) is 5.17. The molecule has 1 fully saturated rings. The number of likely N-dealkylation sites (N-methyl/N-ethyl adjacent to an activating group) is 1. The van der Waals surface area contributed by atoms with E-state index >= 15 is 0 Å². The van der Waals surface area contributed by atoms with Gasteiger partial charge in [0.05, 0.1) is 35.6 Å². The minimum Gasteiger partial charge on any atom is -0.489 e. The zero-order valence-corrected chi connectivity index (χ0v) is 21.6. The zero-order valence-electron chi connectivity index (χ0n) is 20.0. The molecule has 36 heavy (non-hydrogen) atoms. The molecular weight excluding hydrogens is 502 g/mol. The summed E-state index contributed by atoms with van der Waals surface area (Å²) in [5, 5.41) is 6.60. The lowest BCUT2D eigenvalue weighted by atomic mass is 10.1. The van der Waals surface area contributed by atoms with E-state index in [-0.39, 0.29) is 0 Å². The second kappa shape index (κ2) is 10.00. The van der Waals surface area contributed by atoms with Crippen LogP contribution in [0.15, 0.2) is 48.7 Å². The van der Waals surface area contributed by atoms with Crippen LogP contribution in [-0.4, -0.2) is 68.4 Å². The van der Waals surface area contributed by atoms with Crippen LogP contribution in [0.2, 0.25) is 5.02 Å². The first-order valence-corrected chi connectivity index (χ1v) is 14.0. The normalized spacial score (nSPS) is 17.5. The molecule has 3 N–H and O–H groups in total. The Hall–Kier alpha value is -3.28. The van der Waals surface area contributed by atoms with Crippen molar-refractivity contribution >= 4 is 56.1 Å². The second-order valence-corrected chi connectivity index (χ2v) is 10.9. The van der Waals surface area contributed by atoms with Gasteiger partial charge in [-0.25, -0.2) is 13.4 Å². The second-order valence-electron chi connectivity index (χ2n) is 8.79. The molecule has 12 heteroatoms. The molecule has 0 bridgehead atoms. The van der Waals surface area contributed by atoms with Crippen molar-refractivity contribution in [3.8, 4) is 5.75 Å². The summed E-state index contributed by atoms with van der Waals surface area (Å²) in [5.74, 6) is 1.50. The van der Waals surface area contributed by atoms with Gasteiger partial charge in [0.1, 0.15) is 17.4 Å². The summed E-state index contributed by atoms with van der Waals surface area (Å²) in [5.41, 5.74) is 2.78. The number of anilines is 6. The van der Waals surface area contributed by atoms with Crippen LogP contribution in [0.4, 0.5) is 34.5 Å². The Balaban J connectivity index is 1.34. The molecular formula is C24H28ClN7O3S. The fraction of sp³-hybridized carbons (Fsp3) is 0.333. The topological polar surface area (TPSA) is 112 Å². The van der Waals surface area contributed by atoms with Gasteiger partial charge in [-0.1, -0.05) is 30.7 Å². The summed E-state index contributed by atoms with van der Waals surface area (Å²) < 4.78 is 32.0. The van der Waals surface area contributed by atoms with Crippen molar-refractivity contribution in [1.82, 2.24) is 14.9 Å². The molecule has 0 spiro atoms. The van der Waals surface area contributed by atoms with Crippen LogP contribution in [0.25, 0.3) is 0 Å². The highest BCUT2D eigenvalue weighted by Gasteiger charge is 2.32. The first-order chi connectivity index (χ1) is 17.3. The number of para-hydroxylation sites is 2. The van der Waals surface area contributed by atoms with Crippen LogP contribution >= 0.6 is 11.6 Å². The van der Waals surface area contributed by atoms with Gasteiger partial charge in [-0.05, 0) is 30.8 Å². The monoisotopic (exact) mass is 529 g/mol. The van der Waals surface area contributed by atoms with Crippen LogP contribution < -0.4 is 25.0 Å². The molecule has 0 radical (unpaired) electrons. The third-order valence-electron chi connectivity index (χ3n) is 6.19. The maximum Gasteiger partial charge on any atom is 0.229 e. The quantitative estimate of drug-likeness (QED) is 0.419. The predicted molar refractivity (Wildman–Crippen MR) is 144 cm³/mol. The maximum absolute atomic E-state index is 11.7. The van der Waals surface area contributed by atoms with E-state index in [4.69, 9.17) is 16.3 Å². The van der Waals surface area contributed by atoms with Gasteiger partial charge < -0.3 is 20.3 Å². The van der Waals surface area contributed by atoms with Gasteiger partial charge in [-0.2, -0.15) is 4.98 Å². The molecule has 0 aliphatic carbocycles. The average Bonchev–Trinajstić information content (AvgIpc) is 2.85. The van der Waals surface area contributed by atoms with Crippen molar-refractivity contribution in [1.29, 1.82) is 0 Å². The van der Waals surface area contributed by atoms with Crippen LogP contribution in [0.1, 0.15) is 6.92 Å². The number of hydrogen-bond acceptors (Lipinski definition) is 9. The Morgan fingerprint density at radius 2 is 1.94 bits per heavy atom. The number of halogens is 1. The number of fused-ring (bicyclic) bond motifs is 3. The molecule has 0 unspecified atom stereocenters. The number of nitrogens with one attached hydrogen (secondary N) is 3. The Morgan fingerprint density at radius 3 is 2.72 bits per heavy atom.